The molecule has 86 valence electrons. The summed E-state index contributed by atoms with van der Waals surface area (Å²) in [5.41, 5.74) is 0.869. The van der Waals surface area contributed by atoms with E-state index in [1.165, 1.54) is 6.92 Å². The molecule has 0 unspecified atom stereocenters. The molecule has 0 radical (unpaired) electrons. The molecule has 0 spiro atoms. The van der Waals surface area contributed by atoms with Crippen LogP contribution in [0.25, 0.3) is 6.08 Å². The Morgan fingerprint density at radius 3 is 2.75 bits per heavy atom. The number of ether oxygens (including phenoxy) is 1. The van der Waals surface area contributed by atoms with Crippen molar-refractivity contribution in [2.75, 3.05) is 13.2 Å². The maximum atomic E-state index is 10.6. The molecule has 0 aliphatic rings. The lowest BCUT2D eigenvalue weighted by Gasteiger charge is -1.99. The highest BCUT2D eigenvalue weighted by Crippen LogP contribution is 2.03. The summed E-state index contributed by atoms with van der Waals surface area (Å²) in [5, 5.41) is 2.66. The zero-order chi connectivity index (χ0) is 11.8. The van der Waals surface area contributed by atoms with E-state index in [0.717, 1.165) is 5.56 Å². The standard InChI is InChI=1S/C11H15N3O2/c1-3-16-11-13-7-10(8-14-11)5-4-6-12-9(2)15/h4-5,7-8H,3,6H2,1-2H3,(H,12,15). The third-order valence-electron chi connectivity index (χ3n) is 1.70. The van der Waals surface area contributed by atoms with Gasteiger partial charge in [0.1, 0.15) is 0 Å². The van der Waals surface area contributed by atoms with E-state index in [1.807, 2.05) is 19.1 Å². The largest absolute Gasteiger partial charge is 0.464 e. The SMILES string of the molecule is CCOc1ncc(C=CCNC(C)=O)cn1. The minimum absolute atomic E-state index is 0.0485. The molecule has 1 rings (SSSR count). The van der Waals surface area contributed by atoms with Crippen molar-refractivity contribution in [1.29, 1.82) is 0 Å². The van der Waals surface area contributed by atoms with E-state index in [9.17, 15) is 4.79 Å². The molecule has 1 aromatic rings. The zero-order valence-corrected chi connectivity index (χ0v) is 9.43. The molecule has 16 heavy (non-hydrogen) atoms. The Labute approximate surface area is 94.6 Å². The number of aromatic nitrogens is 2. The maximum Gasteiger partial charge on any atom is 0.316 e. The second-order valence-corrected chi connectivity index (χ2v) is 3.07. The van der Waals surface area contributed by atoms with Crippen LogP contribution in [0.1, 0.15) is 19.4 Å². The van der Waals surface area contributed by atoms with E-state index < -0.39 is 0 Å². The first-order chi connectivity index (χ1) is 7.72. The lowest BCUT2D eigenvalue weighted by atomic mass is 10.3. The molecule has 5 nitrogen and oxygen atoms in total. The first-order valence-electron chi connectivity index (χ1n) is 5.08. The van der Waals surface area contributed by atoms with E-state index in [1.54, 1.807) is 12.4 Å². The van der Waals surface area contributed by atoms with Crippen molar-refractivity contribution in [3.8, 4) is 6.01 Å². The van der Waals surface area contributed by atoms with E-state index in [4.69, 9.17) is 4.74 Å². The highest BCUT2D eigenvalue weighted by Gasteiger charge is 1.94. The highest BCUT2D eigenvalue weighted by molar-refractivity contribution is 5.73. The van der Waals surface area contributed by atoms with Gasteiger partial charge in [-0.1, -0.05) is 12.2 Å². The third kappa shape index (κ3) is 4.54. The van der Waals surface area contributed by atoms with Crippen molar-refractivity contribution in [2.24, 2.45) is 0 Å². The van der Waals surface area contributed by atoms with Crippen molar-refractivity contribution in [3.63, 3.8) is 0 Å². The van der Waals surface area contributed by atoms with Crippen molar-refractivity contribution in [2.45, 2.75) is 13.8 Å². The van der Waals surface area contributed by atoms with Crippen molar-refractivity contribution in [1.82, 2.24) is 15.3 Å². The molecule has 0 aliphatic heterocycles. The molecule has 5 heteroatoms. The molecular formula is C11H15N3O2. The number of hydrogen-bond acceptors (Lipinski definition) is 4. The quantitative estimate of drug-likeness (QED) is 0.806. The summed E-state index contributed by atoms with van der Waals surface area (Å²) in [4.78, 5) is 18.6. The molecular weight excluding hydrogens is 206 g/mol. The van der Waals surface area contributed by atoms with Gasteiger partial charge in [-0.05, 0) is 6.92 Å². The van der Waals surface area contributed by atoms with Gasteiger partial charge in [0.15, 0.2) is 0 Å². The number of nitrogens with zero attached hydrogens (tertiary/aromatic N) is 2. The smallest absolute Gasteiger partial charge is 0.316 e. The van der Waals surface area contributed by atoms with Gasteiger partial charge >= 0.3 is 6.01 Å². The molecule has 0 aliphatic carbocycles. The van der Waals surface area contributed by atoms with Gasteiger partial charge in [0.05, 0.1) is 6.61 Å². The number of carbonyl (C=O) groups excluding carboxylic acids is 1. The lowest BCUT2D eigenvalue weighted by molar-refractivity contribution is -0.118. The van der Waals surface area contributed by atoms with Crippen LogP contribution in [0.3, 0.4) is 0 Å². The Morgan fingerprint density at radius 1 is 1.50 bits per heavy atom. The van der Waals surface area contributed by atoms with E-state index in [0.29, 0.717) is 19.2 Å². The first kappa shape index (κ1) is 12.2. The van der Waals surface area contributed by atoms with Crippen molar-refractivity contribution >= 4 is 12.0 Å². The summed E-state index contributed by atoms with van der Waals surface area (Å²) in [6.07, 6.45) is 7.01. The first-order valence-corrected chi connectivity index (χ1v) is 5.08. The molecule has 0 aromatic carbocycles. The average Bonchev–Trinajstić information content (AvgIpc) is 2.27. The zero-order valence-electron chi connectivity index (χ0n) is 9.43. The Morgan fingerprint density at radius 2 is 2.19 bits per heavy atom. The van der Waals surface area contributed by atoms with Gasteiger partial charge in [0, 0.05) is 31.4 Å². The van der Waals surface area contributed by atoms with Crippen LogP contribution >= 0.6 is 0 Å². The fourth-order valence-corrected chi connectivity index (χ4v) is 1.01. The summed E-state index contributed by atoms with van der Waals surface area (Å²) < 4.78 is 5.11. The Hall–Kier alpha value is -1.91. The van der Waals surface area contributed by atoms with Crippen LogP contribution in [0.2, 0.25) is 0 Å². The molecule has 1 aromatic heterocycles. The number of nitrogens with one attached hydrogen (secondary N) is 1. The summed E-state index contributed by atoms with van der Waals surface area (Å²) >= 11 is 0. The fourth-order valence-electron chi connectivity index (χ4n) is 1.01. The summed E-state index contributed by atoms with van der Waals surface area (Å²) in [6, 6.07) is 0.376. The summed E-state index contributed by atoms with van der Waals surface area (Å²) in [7, 11) is 0. The molecule has 1 N–H and O–H groups in total. The van der Waals surface area contributed by atoms with E-state index in [-0.39, 0.29) is 5.91 Å². The predicted octanol–water partition coefficient (Wildman–Crippen LogP) is 1.02. The normalized spacial score (nSPS) is 10.4. The Balaban J connectivity index is 2.45. The van der Waals surface area contributed by atoms with Crippen LogP contribution in [0.4, 0.5) is 0 Å². The molecule has 0 saturated carbocycles. The van der Waals surface area contributed by atoms with Gasteiger partial charge in [-0.3, -0.25) is 4.79 Å². The minimum Gasteiger partial charge on any atom is -0.464 e. The number of carbonyl (C=O) groups is 1. The monoisotopic (exact) mass is 221 g/mol. The van der Waals surface area contributed by atoms with Crippen molar-refractivity contribution < 1.29 is 9.53 Å². The van der Waals surface area contributed by atoms with Gasteiger partial charge in [-0.2, -0.15) is 0 Å². The second kappa shape index (κ2) is 6.55. The molecule has 0 bridgehead atoms. The van der Waals surface area contributed by atoms with Crippen LogP contribution in [0, 0.1) is 0 Å². The van der Waals surface area contributed by atoms with Gasteiger partial charge in [0.2, 0.25) is 5.91 Å². The Kier molecular flexibility index (Phi) is 4.98. The molecule has 0 fully saturated rings. The highest BCUT2D eigenvalue weighted by atomic mass is 16.5. The predicted molar refractivity (Wildman–Crippen MR) is 60.9 cm³/mol. The lowest BCUT2D eigenvalue weighted by Crippen LogP contribution is -2.19. The fraction of sp³-hybridized carbons (Fsp3) is 0.364. The number of amides is 1. The van der Waals surface area contributed by atoms with Crippen LogP contribution in [0.5, 0.6) is 6.01 Å². The maximum absolute atomic E-state index is 10.6. The second-order valence-electron chi connectivity index (χ2n) is 3.07. The van der Waals surface area contributed by atoms with E-state index in [2.05, 4.69) is 15.3 Å². The number of hydrogen-bond donors (Lipinski definition) is 1. The van der Waals surface area contributed by atoms with Gasteiger partial charge in [-0.15, -0.1) is 0 Å². The topological polar surface area (TPSA) is 64.1 Å². The minimum atomic E-state index is -0.0485. The van der Waals surface area contributed by atoms with Gasteiger partial charge < -0.3 is 10.1 Å². The number of rotatable bonds is 5. The third-order valence-corrected chi connectivity index (χ3v) is 1.70. The van der Waals surface area contributed by atoms with Gasteiger partial charge in [0.25, 0.3) is 0 Å². The van der Waals surface area contributed by atoms with Crippen molar-refractivity contribution in [3.05, 3.63) is 24.0 Å². The van der Waals surface area contributed by atoms with Crippen LogP contribution < -0.4 is 10.1 Å². The van der Waals surface area contributed by atoms with E-state index >= 15 is 0 Å². The van der Waals surface area contributed by atoms with Crippen LogP contribution in [0.15, 0.2) is 18.5 Å². The molecule has 1 amide bonds. The summed E-state index contributed by atoms with van der Waals surface area (Å²) in [6.45, 7) is 4.42. The average molecular weight is 221 g/mol. The Bertz CT molecular complexity index is 360. The molecule has 0 atom stereocenters. The van der Waals surface area contributed by atoms with Crippen LogP contribution in [-0.2, 0) is 4.79 Å². The van der Waals surface area contributed by atoms with Crippen LogP contribution in [-0.4, -0.2) is 29.0 Å². The van der Waals surface area contributed by atoms with Gasteiger partial charge in [-0.25, -0.2) is 9.97 Å². The molecule has 0 saturated heterocycles. The molecule has 1 heterocycles. The summed E-state index contributed by atoms with van der Waals surface area (Å²) in [5.74, 6) is -0.0485.